The van der Waals surface area contributed by atoms with Crippen LogP contribution in [0.4, 0.5) is 0 Å². The quantitative estimate of drug-likeness (QED) is 0.443. The minimum absolute atomic E-state index is 1.07. The molecule has 3 heteroatoms. The predicted octanol–water partition coefficient (Wildman–Crippen LogP) is 4.70. The van der Waals surface area contributed by atoms with Crippen LogP contribution in [0.3, 0.4) is 0 Å². The average Bonchev–Trinajstić information content (AvgIpc) is 1.75. The summed E-state index contributed by atoms with van der Waals surface area (Å²) in [5.41, 5.74) is 6.22. The Kier molecular flexibility index (Phi) is 5.79. The molecule has 88 valence electrons. The molecule has 0 aromatic carbocycles. The molecule has 0 spiro atoms. The van der Waals surface area contributed by atoms with Crippen LogP contribution < -0.4 is 0 Å². The number of rotatable bonds is 3. The molecule has 15 heavy (non-hydrogen) atoms. The van der Waals surface area contributed by atoms with Crippen molar-refractivity contribution < 1.29 is 0 Å². The number of hydrogen-bond donors (Lipinski definition) is 0. The van der Waals surface area contributed by atoms with E-state index in [-0.39, 0.29) is 0 Å². The molecule has 0 aliphatic heterocycles. The predicted molar refractivity (Wildman–Crippen MR) is 81.6 cm³/mol. The maximum atomic E-state index is 3.78. The summed E-state index contributed by atoms with van der Waals surface area (Å²) in [6.07, 6.45) is 0. The Balaban J connectivity index is 5.44. The molecular formula is C12H28SiSn2. The zero-order chi connectivity index (χ0) is 12.5. The summed E-state index contributed by atoms with van der Waals surface area (Å²) in [5.74, 6) is 0. The molecule has 0 aliphatic rings. The van der Waals surface area contributed by atoms with Gasteiger partial charge in [-0.15, -0.1) is 0 Å². The van der Waals surface area contributed by atoms with E-state index < -0.39 is 44.8 Å². The van der Waals surface area contributed by atoms with Crippen LogP contribution in [0.5, 0.6) is 0 Å². The first-order valence-corrected chi connectivity index (χ1v) is 29.4. The fraction of sp³-hybridized carbons (Fsp3) is 0.750. The van der Waals surface area contributed by atoms with Gasteiger partial charge in [0.15, 0.2) is 0 Å². The van der Waals surface area contributed by atoms with Crippen molar-refractivity contribution in [2.75, 3.05) is 0 Å². The third kappa shape index (κ3) is 7.29. The molecule has 0 unspecified atom stereocenters. The van der Waals surface area contributed by atoms with E-state index >= 15 is 0 Å². The third-order valence-electron chi connectivity index (χ3n) is 2.15. The fourth-order valence-corrected chi connectivity index (χ4v) is 55.6. The topological polar surface area (TPSA) is 0 Å². The zero-order valence-corrected chi connectivity index (χ0v) is 18.8. The van der Waals surface area contributed by atoms with Gasteiger partial charge in [0.2, 0.25) is 0 Å². The normalized spacial score (nSPS) is 13.4. The van der Waals surface area contributed by atoms with Gasteiger partial charge in [-0.1, -0.05) is 0 Å². The molecule has 0 radical (unpaired) electrons. The Bertz CT molecular complexity index is 262. The Morgan fingerprint density at radius 3 is 1.40 bits per heavy atom. The van der Waals surface area contributed by atoms with E-state index in [1.807, 2.05) is 1.60 Å². The average molecular weight is 438 g/mol. The van der Waals surface area contributed by atoms with Crippen LogP contribution in [0.1, 0.15) is 0 Å². The molecule has 0 saturated carbocycles. The SMILES string of the molecule is C[Si](C)(C)C=C=[C]([Sn]([CH3])([CH3])[CH3])[Sn]([CH3])([CH3])[CH3]. The monoisotopic (exact) mass is 440 g/mol. The first-order chi connectivity index (χ1) is 6.34. The van der Waals surface area contributed by atoms with Crippen LogP contribution in [-0.2, 0) is 0 Å². The van der Waals surface area contributed by atoms with E-state index in [1.165, 1.54) is 0 Å². The summed E-state index contributed by atoms with van der Waals surface area (Å²) in [7, 11) is -1.07. The van der Waals surface area contributed by atoms with E-state index in [0.29, 0.717) is 0 Å². The van der Waals surface area contributed by atoms with Crippen molar-refractivity contribution in [3.63, 3.8) is 0 Å². The molecule has 0 bridgehead atoms. The van der Waals surface area contributed by atoms with Crippen molar-refractivity contribution in [2.24, 2.45) is 0 Å². The molecular weight excluding hydrogens is 410 g/mol. The molecule has 0 fully saturated rings. The van der Waals surface area contributed by atoms with Crippen LogP contribution >= 0.6 is 0 Å². The molecule has 0 N–H and O–H groups in total. The van der Waals surface area contributed by atoms with Gasteiger partial charge in [0, 0.05) is 0 Å². The molecule has 0 saturated heterocycles. The Hall–Kier alpha value is 1.33. The second-order valence-electron chi connectivity index (χ2n) is 7.53. The Morgan fingerprint density at radius 2 is 1.20 bits per heavy atom. The van der Waals surface area contributed by atoms with Crippen LogP contribution in [0.25, 0.3) is 0 Å². The van der Waals surface area contributed by atoms with E-state index in [1.54, 1.807) is 0 Å². The molecule has 0 atom stereocenters. The second-order valence-corrected chi connectivity index (χ2v) is 45.2. The van der Waals surface area contributed by atoms with Gasteiger partial charge < -0.3 is 0 Å². The van der Waals surface area contributed by atoms with Gasteiger partial charge >= 0.3 is 107 Å². The third-order valence-corrected chi connectivity index (χ3v) is 41.3. The standard InChI is InChI=1S/C6H10Si.6CH3.2Sn/c1-5-6-7(2,3)4;;;;;;;;/h6H,2-4H3;6*1H3;;. The van der Waals surface area contributed by atoms with Gasteiger partial charge in [0.05, 0.1) is 0 Å². The Morgan fingerprint density at radius 1 is 0.867 bits per heavy atom. The first-order valence-electron chi connectivity index (χ1n) is 5.83. The summed E-state index contributed by atoms with van der Waals surface area (Å²) in [6.45, 7) is 7.19. The van der Waals surface area contributed by atoms with E-state index in [4.69, 9.17) is 0 Å². The second kappa shape index (κ2) is 5.32. The first kappa shape index (κ1) is 16.3. The van der Waals surface area contributed by atoms with Gasteiger partial charge in [-0.05, 0) is 0 Å². The van der Waals surface area contributed by atoms with E-state index in [2.05, 4.69) is 60.7 Å². The summed E-state index contributed by atoms with van der Waals surface area (Å²) in [5, 5.41) is 0. The van der Waals surface area contributed by atoms with E-state index in [0.717, 1.165) is 0 Å². The minimum atomic E-state index is -1.87. The van der Waals surface area contributed by atoms with Crippen molar-refractivity contribution in [2.45, 2.75) is 49.3 Å². The molecule has 0 rings (SSSR count). The van der Waals surface area contributed by atoms with Crippen molar-refractivity contribution in [1.82, 2.24) is 0 Å². The molecule has 0 amide bonds. The van der Waals surface area contributed by atoms with E-state index in [9.17, 15) is 0 Å². The molecule has 0 aromatic rings. The fourth-order valence-electron chi connectivity index (χ4n) is 1.85. The van der Waals surface area contributed by atoms with Gasteiger partial charge in [-0.2, -0.15) is 0 Å². The maximum absolute atomic E-state index is 3.78. The zero-order valence-electron chi connectivity index (χ0n) is 12.1. The van der Waals surface area contributed by atoms with Gasteiger partial charge in [-0.3, -0.25) is 0 Å². The molecule has 0 nitrogen and oxygen atoms in total. The number of hydrogen-bond acceptors (Lipinski definition) is 0. The summed E-state index contributed by atoms with van der Waals surface area (Å²) in [4.78, 5) is 15.2. The molecule has 0 aromatic heterocycles. The van der Waals surface area contributed by atoms with Crippen LogP contribution in [0.2, 0.25) is 49.3 Å². The summed E-state index contributed by atoms with van der Waals surface area (Å²) < 4.78 is 1.85. The van der Waals surface area contributed by atoms with Gasteiger partial charge in [0.25, 0.3) is 0 Å². The summed E-state index contributed by atoms with van der Waals surface area (Å²) >= 11 is -3.74. The van der Waals surface area contributed by atoms with Crippen molar-refractivity contribution in [3.8, 4) is 0 Å². The van der Waals surface area contributed by atoms with Crippen LogP contribution in [0, 0.1) is 0 Å². The van der Waals surface area contributed by atoms with Gasteiger partial charge in [0.1, 0.15) is 0 Å². The van der Waals surface area contributed by atoms with Crippen molar-refractivity contribution >= 4 is 44.8 Å². The Labute approximate surface area is 106 Å². The molecule has 0 heterocycles. The van der Waals surface area contributed by atoms with Crippen LogP contribution in [0.15, 0.2) is 13.0 Å². The van der Waals surface area contributed by atoms with Gasteiger partial charge in [-0.25, -0.2) is 0 Å². The van der Waals surface area contributed by atoms with Crippen molar-refractivity contribution in [1.29, 1.82) is 0 Å². The van der Waals surface area contributed by atoms with Crippen LogP contribution in [-0.4, -0.2) is 44.8 Å². The summed E-state index contributed by atoms with van der Waals surface area (Å²) in [6, 6.07) is 0. The molecule has 0 aliphatic carbocycles. The van der Waals surface area contributed by atoms with Crippen molar-refractivity contribution in [3.05, 3.63) is 13.0 Å².